The number of hydrogen-bond acceptors (Lipinski definition) is 5. The first-order valence-electron chi connectivity index (χ1n) is 9.82. The highest BCUT2D eigenvalue weighted by molar-refractivity contribution is 14.0. The van der Waals surface area contributed by atoms with Crippen LogP contribution in [0.25, 0.3) is 0 Å². The van der Waals surface area contributed by atoms with Crippen molar-refractivity contribution in [2.45, 2.75) is 25.8 Å². The van der Waals surface area contributed by atoms with Crippen LogP contribution in [0, 0.1) is 17.8 Å². The Hall–Kier alpha value is -0.870. The summed E-state index contributed by atoms with van der Waals surface area (Å²) in [6.07, 6.45) is 2.45. The Kier molecular flexibility index (Phi) is 9.01. The number of thiophene rings is 1. The summed E-state index contributed by atoms with van der Waals surface area (Å²) in [6, 6.07) is 4.86. The number of likely N-dealkylation sites (tertiary alicyclic amines) is 2. The molecule has 0 saturated carbocycles. The Morgan fingerprint density at radius 3 is 2.86 bits per heavy atom. The van der Waals surface area contributed by atoms with E-state index in [4.69, 9.17) is 4.74 Å². The molecule has 2 fully saturated rings. The van der Waals surface area contributed by atoms with E-state index in [0.29, 0.717) is 18.5 Å². The molecule has 0 aromatic carbocycles. The number of rotatable bonds is 4. The zero-order chi connectivity index (χ0) is 19.4. The summed E-state index contributed by atoms with van der Waals surface area (Å²) in [4.78, 5) is 22.6. The molecule has 4 unspecified atom stereocenters. The van der Waals surface area contributed by atoms with Crippen LogP contribution in [0.3, 0.4) is 0 Å². The van der Waals surface area contributed by atoms with E-state index in [2.05, 4.69) is 51.6 Å². The highest BCUT2D eigenvalue weighted by Crippen LogP contribution is 2.36. The quantitative estimate of drug-likeness (QED) is 0.286. The Labute approximate surface area is 189 Å². The maximum atomic E-state index is 12.0. The molecule has 0 spiro atoms. The number of carbonyl (C=O) groups excluding carboxylic acids is 1. The van der Waals surface area contributed by atoms with Crippen molar-refractivity contribution in [1.29, 1.82) is 0 Å². The number of aliphatic imine (C=N–C) groups is 1. The summed E-state index contributed by atoms with van der Waals surface area (Å²) in [7, 11) is 5.52. The van der Waals surface area contributed by atoms with E-state index in [1.165, 1.54) is 24.8 Å². The van der Waals surface area contributed by atoms with Crippen LogP contribution in [0.15, 0.2) is 22.5 Å². The lowest BCUT2D eigenvalue weighted by atomic mass is 9.88. The maximum Gasteiger partial charge on any atom is 0.310 e. The van der Waals surface area contributed by atoms with Crippen LogP contribution in [0.5, 0.6) is 0 Å². The van der Waals surface area contributed by atoms with Crippen LogP contribution < -0.4 is 5.32 Å². The second-order valence-corrected chi connectivity index (χ2v) is 8.76. The van der Waals surface area contributed by atoms with Gasteiger partial charge in [-0.3, -0.25) is 14.7 Å². The first-order chi connectivity index (χ1) is 13.0. The number of esters is 1. The Bertz CT molecular complexity index is 655. The van der Waals surface area contributed by atoms with Gasteiger partial charge in [0.15, 0.2) is 5.96 Å². The molecule has 0 aliphatic carbocycles. The average Bonchev–Trinajstić information content (AvgIpc) is 3.32. The predicted octanol–water partition coefficient (Wildman–Crippen LogP) is 3.07. The number of ether oxygens (including phenoxy) is 1. The molecule has 8 heteroatoms. The average molecular weight is 520 g/mol. The standard InChI is InChI=1S/C20H32N4O2S.HI/c1-14-12-24(13-16(14)19(25)26-4)20(21-2)22-11-15-7-5-9-23(3)18(15)17-8-6-10-27-17;/h6,8,10,14-16,18H,5,7,9,11-13H2,1-4H3,(H,21,22);1H. The second kappa shape index (κ2) is 10.8. The van der Waals surface area contributed by atoms with Crippen molar-refractivity contribution < 1.29 is 9.53 Å². The molecule has 2 aliphatic rings. The number of methoxy groups -OCH3 is 1. The van der Waals surface area contributed by atoms with Crippen LogP contribution in [0.4, 0.5) is 0 Å². The number of halogens is 1. The lowest BCUT2D eigenvalue weighted by molar-refractivity contribution is -0.145. The van der Waals surface area contributed by atoms with Gasteiger partial charge in [0.2, 0.25) is 0 Å². The van der Waals surface area contributed by atoms with Gasteiger partial charge in [-0.15, -0.1) is 35.3 Å². The van der Waals surface area contributed by atoms with Crippen LogP contribution >= 0.6 is 35.3 Å². The summed E-state index contributed by atoms with van der Waals surface area (Å²) in [5.74, 6) is 1.53. The molecule has 158 valence electrons. The molecule has 28 heavy (non-hydrogen) atoms. The van der Waals surface area contributed by atoms with Crippen LogP contribution in [0.1, 0.15) is 30.7 Å². The number of nitrogens with zero attached hydrogens (tertiary/aromatic N) is 3. The Balaban J connectivity index is 0.00000280. The van der Waals surface area contributed by atoms with Crippen molar-refractivity contribution in [1.82, 2.24) is 15.1 Å². The van der Waals surface area contributed by atoms with E-state index in [-0.39, 0.29) is 41.8 Å². The smallest absolute Gasteiger partial charge is 0.310 e. The molecule has 1 aromatic heterocycles. The lowest BCUT2D eigenvalue weighted by Crippen LogP contribution is -2.46. The third-order valence-corrected chi connectivity index (χ3v) is 6.93. The van der Waals surface area contributed by atoms with Gasteiger partial charge in [0.05, 0.1) is 13.0 Å². The number of nitrogens with one attached hydrogen (secondary N) is 1. The van der Waals surface area contributed by atoms with Gasteiger partial charge in [0.1, 0.15) is 0 Å². The van der Waals surface area contributed by atoms with Crippen molar-refractivity contribution in [2.75, 3.05) is 47.4 Å². The molecule has 1 aromatic rings. The zero-order valence-corrected chi connectivity index (χ0v) is 20.4. The van der Waals surface area contributed by atoms with Crippen LogP contribution in [0.2, 0.25) is 0 Å². The minimum atomic E-state index is -0.118. The van der Waals surface area contributed by atoms with E-state index >= 15 is 0 Å². The highest BCUT2D eigenvalue weighted by atomic mass is 127. The molecule has 0 bridgehead atoms. The SMILES string of the molecule is CN=C(NCC1CCCN(C)C1c1cccs1)N1CC(C)C(C(=O)OC)C1.I. The van der Waals surface area contributed by atoms with E-state index in [1.807, 2.05) is 18.4 Å². The van der Waals surface area contributed by atoms with Crippen molar-refractivity contribution >= 4 is 47.2 Å². The van der Waals surface area contributed by atoms with Gasteiger partial charge >= 0.3 is 5.97 Å². The maximum absolute atomic E-state index is 12.0. The molecular formula is C20H33IN4O2S. The van der Waals surface area contributed by atoms with Crippen LogP contribution in [-0.4, -0.2) is 69.1 Å². The number of guanidine groups is 1. The number of hydrogen-bond donors (Lipinski definition) is 1. The van der Waals surface area contributed by atoms with Crippen molar-refractivity contribution in [3.8, 4) is 0 Å². The molecule has 2 aliphatic heterocycles. The number of carbonyl (C=O) groups is 1. The molecule has 1 N–H and O–H groups in total. The fourth-order valence-electron chi connectivity index (χ4n) is 4.54. The second-order valence-electron chi connectivity index (χ2n) is 7.78. The fourth-order valence-corrected chi connectivity index (χ4v) is 5.52. The number of piperidine rings is 1. The Morgan fingerprint density at radius 2 is 2.21 bits per heavy atom. The van der Waals surface area contributed by atoms with Gasteiger partial charge in [0.25, 0.3) is 0 Å². The molecule has 2 saturated heterocycles. The summed E-state index contributed by atoms with van der Waals surface area (Å²) < 4.78 is 4.96. The third kappa shape index (κ3) is 5.18. The predicted molar refractivity (Wildman–Crippen MR) is 125 cm³/mol. The van der Waals surface area contributed by atoms with E-state index in [9.17, 15) is 4.79 Å². The summed E-state index contributed by atoms with van der Waals surface area (Å²) >= 11 is 1.85. The van der Waals surface area contributed by atoms with Crippen molar-refractivity contribution in [2.24, 2.45) is 22.7 Å². The lowest BCUT2D eigenvalue weighted by Gasteiger charge is -2.39. The Morgan fingerprint density at radius 1 is 1.43 bits per heavy atom. The minimum Gasteiger partial charge on any atom is -0.469 e. The first-order valence-corrected chi connectivity index (χ1v) is 10.7. The molecule has 0 amide bonds. The summed E-state index contributed by atoms with van der Waals surface area (Å²) in [5, 5.41) is 5.76. The van der Waals surface area contributed by atoms with Gasteiger partial charge in [-0.05, 0) is 49.7 Å². The monoisotopic (exact) mass is 520 g/mol. The van der Waals surface area contributed by atoms with Gasteiger partial charge < -0.3 is 15.0 Å². The molecule has 3 rings (SSSR count). The molecular weight excluding hydrogens is 487 g/mol. The third-order valence-electron chi connectivity index (χ3n) is 5.99. The summed E-state index contributed by atoms with van der Waals surface area (Å²) in [5.41, 5.74) is 0. The van der Waals surface area contributed by atoms with Gasteiger partial charge in [-0.1, -0.05) is 13.0 Å². The largest absolute Gasteiger partial charge is 0.469 e. The molecule has 6 nitrogen and oxygen atoms in total. The van der Waals surface area contributed by atoms with Gasteiger partial charge in [-0.2, -0.15) is 0 Å². The van der Waals surface area contributed by atoms with Crippen LogP contribution in [-0.2, 0) is 9.53 Å². The van der Waals surface area contributed by atoms with Gasteiger partial charge in [-0.25, -0.2) is 0 Å². The van der Waals surface area contributed by atoms with Crippen molar-refractivity contribution in [3.63, 3.8) is 0 Å². The highest BCUT2D eigenvalue weighted by Gasteiger charge is 2.37. The minimum absolute atomic E-state index is 0. The topological polar surface area (TPSA) is 57.2 Å². The first kappa shape index (κ1) is 23.4. The van der Waals surface area contributed by atoms with E-state index in [0.717, 1.165) is 25.6 Å². The van der Waals surface area contributed by atoms with Crippen molar-refractivity contribution in [3.05, 3.63) is 22.4 Å². The molecule has 4 atom stereocenters. The summed E-state index contributed by atoms with van der Waals surface area (Å²) in [6.45, 7) is 5.66. The molecule has 0 radical (unpaired) electrons. The normalized spacial score (nSPS) is 28.7. The zero-order valence-electron chi connectivity index (χ0n) is 17.3. The van der Waals surface area contributed by atoms with E-state index in [1.54, 1.807) is 0 Å². The van der Waals surface area contributed by atoms with E-state index < -0.39 is 0 Å². The molecule has 3 heterocycles. The van der Waals surface area contributed by atoms with Gasteiger partial charge in [0, 0.05) is 37.6 Å². The fraction of sp³-hybridized carbons (Fsp3) is 0.700.